The molecule has 0 aromatic heterocycles. The van der Waals surface area contributed by atoms with Crippen molar-refractivity contribution < 1.29 is 18.7 Å². The molecule has 1 fully saturated rings. The lowest BCUT2D eigenvalue weighted by atomic mass is 10.0. The summed E-state index contributed by atoms with van der Waals surface area (Å²) >= 11 is 0. The normalized spacial score (nSPS) is 20.7. The van der Waals surface area contributed by atoms with E-state index in [1.807, 2.05) is 11.9 Å². The Labute approximate surface area is 105 Å². The summed E-state index contributed by atoms with van der Waals surface area (Å²) in [6.45, 7) is 1.86. The minimum absolute atomic E-state index is 0.133. The first-order valence-corrected chi connectivity index (χ1v) is 5.79. The smallest absolute Gasteiger partial charge is 0.192 e. The quantitative estimate of drug-likeness (QED) is 0.762. The maximum atomic E-state index is 13.5. The van der Waals surface area contributed by atoms with Crippen LogP contribution in [-0.2, 0) is 4.74 Å². The van der Waals surface area contributed by atoms with Crippen LogP contribution >= 0.6 is 0 Å². The van der Waals surface area contributed by atoms with E-state index in [9.17, 15) is 9.18 Å². The molecule has 2 rings (SSSR count). The fourth-order valence-electron chi connectivity index (χ4n) is 1.94. The van der Waals surface area contributed by atoms with Crippen LogP contribution < -0.4 is 4.74 Å². The Morgan fingerprint density at radius 1 is 1.56 bits per heavy atom. The number of halogens is 1. The van der Waals surface area contributed by atoms with E-state index in [1.54, 1.807) is 6.07 Å². The maximum absolute atomic E-state index is 13.5. The van der Waals surface area contributed by atoms with Crippen molar-refractivity contribution in [3.05, 3.63) is 29.6 Å². The Bertz CT molecular complexity index is 450. The number of hydrogen-bond acceptors (Lipinski definition) is 4. The number of ether oxygens (including phenoxy) is 2. The summed E-state index contributed by atoms with van der Waals surface area (Å²) in [6.07, 6.45) is -0.517. The number of methoxy groups -OCH3 is 1. The van der Waals surface area contributed by atoms with Gasteiger partial charge in [-0.25, -0.2) is 4.39 Å². The summed E-state index contributed by atoms with van der Waals surface area (Å²) < 4.78 is 23.8. The summed E-state index contributed by atoms with van der Waals surface area (Å²) in [5.41, 5.74) is 0.314. The molecule has 1 aliphatic rings. The first kappa shape index (κ1) is 13.0. The van der Waals surface area contributed by atoms with Gasteiger partial charge < -0.3 is 14.4 Å². The van der Waals surface area contributed by atoms with Crippen molar-refractivity contribution in [3.63, 3.8) is 0 Å². The minimum atomic E-state index is -0.535. The second-order valence-electron chi connectivity index (χ2n) is 4.34. The second-order valence-corrected chi connectivity index (χ2v) is 4.34. The first-order valence-electron chi connectivity index (χ1n) is 5.79. The predicted octanol–water partition coefficient (Wildman–Crippen LogP) is 1.35. The highest BCUT2D eigenvalue weighted by Gasteiger charge is 2.26. The molecule has 1 aliphatic heterocycles. The average molecular weight is 253 g/mol. The van der Waals surface area contributed by atoms with Crippen LogP contribution in [0.2, 0.25) is 0 Å². The van der Waals surface area contributed by atoms with Gasteiger partial charge in [0, 0.05) is 18.7 Å². The van der Waals surface area contributed by atoms with E-state index >= 15 is 0 Å². The third-order valence-electron chi connectivity index (χ3n) is 3.00. The average Bonchev–Trinajstić information content (AvgIpc) is 2.37. The molecule has 1 heterocycles. The van der Waals surface area contributed by atoms with Crippen LogP contribution in [0.3, 0.4) is 0 Å². The van der Waals surface area contributed by atoms with Crippen molar-refractivity contribution in [2.24, 2.45) is 0 Å². The second kappa shape index (κ2) is 5.46. The molecule has 0 radical (unpaired) electrons. The van der Waals surface area contributed by atoms with Gasteiger partial charge in [-0.1, -0.05) is 0 Å². The molecule has 1 aromatic rings. The molecule has 5 heteroatoms. The molecule has 4 nitrogen and oxygen atoms in total. The summed E-state index contributed by atoms with van der Waals surface area (Å²) in [5.74, 6) is -0.594. The summed E-state index contributed by atoms with van der Waals surface area (Å²) in [5, 5.41) is 0. The highest BCUT2D eigenvalue weighted by atomic mass is 19.1. The monoisotopic (exact) mass is 253 g/mol. The molecular weight excluding hydrogens is 237 g/mol. The Hall–Kier alpha value is -1.46. The number of rotatable bonds is 3. The lowest BCUT2D eigenvalue weighted by Crippen LogP contribution is -2.44. The van der Waals surface area contributed by atoms with Gasteiger partial charge in [0.05, 0.1) is 13.7 Å². The van der Waals surface area contributed by atoms with E-state index < -0.39 is 11.9 Å². The molecule has 98 valence electrons. The lowest BCUT2D eigenvalue weighted by Gasteiger charge is -2.29. The molecule has 1 aromatic carbocycles. The highest BCUT2D eigenvalue weighted by molar-refractivity contribution is 5.99. The van der Waals surface area contributed by atoms with Crippen LogP contribution in [0.1, 0.15) is 10.4 Å². The molecule has 0 bridgehead atoms. The van der Waals surface area contributed by atoms with E-state index in [0.717, 1.165) is 6.54 Å². The van der Waals surface area contributed by atoms with Gasteiger partial charge in [-0.3, -0.25) is 4.79 Å². The molecule has 0 saturated carbocycles. The van der Waals surface area contributed by atoms with Crippen molar-refractivity contribution in [2.45, 2.75) is 6.10 Å². The van der Waals surface area contributed by atoms with Gasteiger partial charge in [-0.2, -0.15) is 0 Å². The fourth-order valence-corrected chi connectivity index (χ4v) is 1.94. The van der Waals surface area contributed by atoms with Crippen molar-refractivity contribution in [3.8, 4) is 5.75 Å². The maximum Gasteiger partial charge on any atom is 0.192 e. The van der Waals surface area contributed by atoms with E-state index in [2.05, 4.69) is 0 Å². The van der Waals surface area contributed by atoms with Gasteiger partial charge >= 0.3 is 0 Å². The zero-order valence-corrected chi connectivity index (χ0v) is 10.5. The van der Waals surface area contributed by atoms with Crippen LogP contribution in [-0.4, -0.2) is 50.6 Å². The highest BCUT2D eigenvalue weighted by Crippen LogP contribution is 2.19. The Kier molecular flexibility index (Phi) is 3.93. The Morgan fingerprint density at radius 3 is 2.94 bits per heavy atom. The topological polar surface area (TPSA) is 38.8 Å². The number of likely N-dealkylation sites (N-methyl/N-ethyl adjacent to an activating group) is 1. The van der Waals surface area contributed by atoms with Crippen molar-refractivity contribution in [1.29, 1.82) is 0 Å². The van der Waals surface area contributed by atoms with E-state index in [4.69, 9.17) is 9.47 Å². The summed E-state index contributed by atoms with van der Waals surface area (Å²) in [4.78, 5) is 14.2. The van der Waals surface area contributed by atoms with Crippen molar-refractivity contribution >= 4 is 5.78 Å². The van der Waals surface area contributed by atoms with E-state index in [-0.39, 0.29) is 11.5 Å². The molecule has 0 aliphatic carbocycles. The molecule has 0 N–H and O–H groups in total. The van der Waals surface area contributed by atoms with Crippen molar-refractivity contribution in [2.75, 3.05) is 33.9 Å². The van der Waals surface area contributed by atoms with Gasteiger partial charge in [-0.15, -0.1) is 0 Å². The summed E-state index contributed by atoms with van der Waals surface area (Å²) in [6, 6.07) is 4.20. The summed E-state index contributed by atoms with van der Waals surface area (Å²) in [7, 11) is 3.32. The van der Waals surface area contributed by atoms with Gasteiger partial charge in [-0.05, 0) is 25.2 Å². The number of benzene rings is 1. The first-order chi connectivity index (χ1) is 8.61. The third-order valence-corrected chi connectivity index (χ3v) is 3.00. The number of morpholine rings is 1. The molecule has 0 amide bonds. The predicted molar refractivity (Wildman–Crippen MR) is 64.5 cm³/mol. The number of carbonyl (C=O) groups excluding carboxylic acids is 1. The van der Waals surface area contributed by atoms with Gasteiger partial charge in [0.15, 0.2) is 17.3 Å². The zero-order chi connectivity index (χ0) is 13.1. The Balaban J connectivity index is 2.15. The lowest BCUT2D eigenvalue weighted by molar-refractivity contribution is -0.00864. The van der Waals surface area contributed by atoms with E-state index in [0.29, 0.717) is 18.7 Å². The number of Topliss-reactive ketones (excluding diaryl/α,β-unsaturated/α-hetero) is 1. The fraction of sp³-hybridized carbons (Fsp3) is 0.462. The van der Waals surface area contributed by atoms with Gasteiger partial charge in [0.25, 0.3) is 0 Å². The number of nitrogens with zero attached hydrogens (tertiary/aromatic N) is 1. The number of ketones is 1. The minimum Gasteiger partial charge on any atom is -0.494 e. The zero-order valence-electron chi connectivity index (χ0n) is 10.5. The molecule has 1 saturated heterocycles. The van der Waals surface area contributed by atoms with E-state index in [1.165, 1.54) is 19.2 Å². The molecule has 18 heavy (non-hydrogen) atoms. The van der Waals surface area contributed by atoms with Gasteiger partial charge in [0.2, 0.25) is 0 Å². The standard InChI is InChI=1S/C13H16FNO3/c1-15-5-6-18-12(8-15)13(16)9-3-4-11(17-2)10(14)7-9/h3-4,7,12H,5-6,8H2,1-2H3. The largest absolute Gasteiger partial charge is 0.494 e. The molecule has 1 atom stereocenters. The van der Waals surface area contributed by atoms with Gasteiger partial charge in [0.1, 0.15) is 6.10 Å². The van der Waals surface area contributed by atoms with Crippen LogP contribution in [0.15, 0.2) is 18.2 Å². The molecule has 0 spiro atoms. The SMILES string of the molecule is COc1ccc(C(=O)C2CN(C)CCO2)cc1F. The van der Waals surface area contributed by atoms with Crippen LogP contribution in [0, 0.1) is 5.82 Å². The molecular formula is C13H16FNO3. The Morgan fingerprint density at radius 2 is 2.33 bits per heavy atom. The third kappa shape index (κ3) is 2.68. The number of carbonyl (C=O) groups is 1. The number of hydrogen-bond donors (Lipinski definition) is 0. The van der Waals surface area contributed by atoms with Crippen LogP contribution in [0.25, 0.3) is 0 Å². The van der Waals surface area contributed by atoms with Crippen LogP contribution in [0.5, 0.6) is 5.75 Å². The molecule has 1 unspecified atom stereocenters. The van der Waals surface area contributed by atoms with Crippen LogP contribution in [0.4, 0.5) is 4.39 Å². The van der Waals surface area contributed by atoms with Crippen molar-refractivity contribution in [1.82, 2.24) is 4.90 Å².